The maximum absolute atomic E-state index is 9.81. The predicted octanol–water partition coefficient (Wildman–Crippen LogP) is -0.0666. The van der Waals surface area contributed by atoms with Gasteiger partial charge < -0.3 is 15.4 Å². The standard InChI is InChI=1S/C9H11N5O/c10-8-11-3-6-7(13-8)14(5-12-6)4-9(15)1-2-9/h3,5,15H,1-2,4H2,(H2,10,11,13). The fraction of sp³-hybridized carbons (Fsp3) is 0.444. The molecule has 0 aliphatic heterocycles. The first-order valence-corrected chi connectivity index (χ1v) is 4.82. The summed E-state index contributed by atoms with van der Waals surface area (Å²) in [6, 6.07) is 0. The second-order valence-electron chi connectivity index (χ2n) is 4.03. The highest BCUT2D eigenvalue weighted by molar-refractivity contribution is 5.70. The molecule has 3 rings (SSSR count). The van der Waals surface area contributed by atoms with Crippen molar-refractivity contribution in [3.63, 3.8) is 0 Å². The van der Waals surface area contributed by atoms with Gasteiger partial charge in [0.25, 0.3) is 0 Å². The lowest BCUT2D eigenvalue weighted by atomic mass is 10.3. The Bertz CT molecular complexity index is 516. The third kappa shape index (κ3) is 1.42. The number of fused-ring (bicyclic) bond motifs is 1. The van der Waals surface area contributed by atoms with Gasteiger partial charge in [-0.25, -0.2) is 9.97 Å². The van der Waals surface area contributed by atoms with Crippen LogP contribution in [0.2, 0.25) is 0 Å². The number of anilines is 1. The predicted molar refractivity (Wildman–Crippen MR) is 53.9 cm³/mol. The fourth-order valence-electron chi connectivity index (χ4n) is 1.60. The molecule has 3 N–H and O–H groups in total. The molecule has 6 nitrogen and oxygen atoms in total. The topological polar surface area (TPSA) is 89.8 Å². The highest BCUT2D eigenvalue weighted by Crippen LogP contribution is 2.37. The van der Waals surface area contributed by atoms with E-state index in [1.54, 1.807) is 12.5 Å². The van der Waals surface area contributed by atoms with E-state index in [1.165, 1.54) is 0 Å². The molecule has 2 aromatic heterocycles. The Morgan fingerprint density at radius 3 is 3.00 bits per heavy atom. The molecule has 1 fully saturated rings. The average Bonchev–Trinajstić information content (AvgIpc) is 2.80. The highest BCUT2D eigenvalue weighted by atomic mass is 16.3. The van der Waals surface area contributed by atoms with Crippen LogP contribution in [0, 0.1) is 0 Å². The normalized spacial score (nSPS) is 18.2. The van der Waals surface area contributed by atoms with Crippen LogP contribution >= 0.6 is 0 Å². The quantitative estimate of drug-likeness (QED) is 0.716. The van der Waals surface area contributed by atoms with Crippen molar-refractivity contribution in [1.82, 2.24) is 19.5 Å². The van der Waals surface area contributed by atoms with Gasteiger partial charge in [-0.3, -0.25) is 0 Å². The lowest BCUT2D eigenvalue weighted by Crippen LogP contribution is -2.16. The Kier molecular flexibility index (Phi) is 1.53. The Morgan fingerprint density at radius 2 is 2.27 bits per heavy atom. The molecule has 2 aromatic rings. The van der Waals surface area contributed by atoms with Crippen LogP contribution < -0.4 is 5.73 Å². The summed E-state index contributed by atoms with van der Waals surface area (Å²) < 4.78 is 1.82. The number of aromatic nitrogens is 4. The van der Waals surface area contributed by atoms with Crippen molar-refractivity contribution >= 4 is 17.1 Å². The van der Waals surface area contributed by atoms with E-state index in [0.717, 1.165) is 12.8 Å². The van der Waals surface area contributed by atoms with Gasteiger partial charge in [0.2, 0.25) is 5.95 Å². The van der Waals surface area contributed by atoms with Crippen LogP contribution in [0.25, 0.3) is 11.2 Å². The van der Waals surface area contributed by atoms with Crippen LogP contribution in [-0.2, 0) is 6.54 Å². The lowest BCUT2D eigenvalue weighted by molar-refractivity contribution is 0.130. The number of nitrogens with two attached hydrogens (primary N) is 1. The van der Waals surface area contributed by atoms with E-state index in [4.69, 9.17) is 5.73 Å². The molecule has 15 heavy (non-hydrogen) atoms. The molecule has 2 heterocycles. The lowest BCUT2D eigenvalue weighted by Gasteiger charge is -2.08. The monoisotopic (exact) mass is 205 g/mol. The van der Waals surface area contributed by atoms with Gasteiger partial charge in [0.05, 0.1) is 24.7 Å². The van der Waals surface area contributed by atoms with E-state index in [2.05, 4.69) is 15.0 Å². The molecule has 0 aromatic carbocycles. The molecule has 6 heteroatoms. The second kappa shape index (κ2) is 2.66. The van der Waals surface area contributed by atoms with E-state index >= 15 is 0 Å². The Balaban J connectivity index is 2.06. The summed E-state index contributed by atoms with van der Waals surface area (Å²) >= 11 is 0. The Labute approximate surface area is 85.8 Å². The number of aliphatic hydroxyl groups is 1. The fourth-order valence-corrected chi connectivity index (χ4v) is 1.60. The van der Waals surface area contributed by atoms with E-state index in [9.17, 15) is 5.11 Å². The van der Waals surface area contributed by atoms with Crippen molar-refractivity contribution in [2.24, 2.45) is 0 Å². The molecule has 1 saturated carbocycles. The minimum Gasteiger partial charge on any atom is -0.388 e. The highest BCUT2D eigenvalue weighted by Gasteiger charge is 2.40. The molecule has 0 spiro atoms. The molecule has 1 aliphatic carbocycles. The molecular formula is C9H11N5O. The summed E-state index contributed by atoms with van der Waals surface area (Å²) in [6.07, 6.45) is 4.93. The smallest absolute Gasteiger partial charge is 0.222 e. The first kappa shape index (κ1) is 8.60. The van der Waals surface area contributed by atoms with Crippen LogP contribution in [0.1, 0.15) is 12.8 Å². The SMILES string of the molecule is Nc1ncc2ncn(CC3(O)CC3)c2n1. The summed E-state index contributed by atoms with van der Waals surface area (Å²) in [5, 5.41) is 9.81. The van der Waals surface area contributed by atoms with E-state index in [-0.39, 0.29) is 5.95 Å². The zero-order valence-corrected chi connectivity index (χ0v) is 8.09. The summed E-state index contributed by atoms with van der Waals surface area (Å²) in [5.41, 5.74) is 6.33. The zero-order valence-electron chi connectivity index (χ0n) is 8.09. The number of hydrogen-bond acceptors (Lipinski definition) is 5. The molecule has 78 valence electrons. The second-order valence-corrected chi connectivity index (χ2v) is 4.03. The Morgan fingerprint density at radius 1 is 1.47 bits per heavy atom. The van der Waals surface area contributed by atoms with E-state index in [0.29, 0.717) is 17.7 Å². The third-order valence-electron chi connectivity index (χ3n) is 2.67. The summed E-state index contributed by atoms with van der Waals surface area (Å²) in [7, 11) is 0. The van der Waals surface area contributed by atoms with Crippen molar-refractivity contribution < 1.29 is 5.11 Å². The maximum atomic E-state index is 9.81. The van der Waals surface area contributed by atoms with Crippen LogP contribution in [0.15, 0.2) is 12.5 Å². The Hall–Kier alpha value is -1.69. The molecular weight excluding hydrogens is 194 g/mol. The molecule has 0 amide bonds. The molecule has 0 saturated heterocycles. The van der Waals surface area contributed by atoms with Crippen molar-refractivity contribution in [2.75, 3.05) is 5.73 Å². The first-order chi connectivity index (χ1) is 7.16. The summed E-state index contributed by atoms with van der Waals surface area (Å²) in [4.78, 5) is 12.1. The van der Waals surface area contributed by atoms with Crippen LogP contribution in [-0.4, -0.2) is 30.2 Å². The maximum Gasteiger partial charge on any atom is 0.222 e. The number of rotatable bonds is 2. The molecule has 0 atom stereocenters. The molecule has 0 unspecified atom stereocenters. The van der Waals surface area contributed by atoms with Gasteiger partial charge >= 0.3 is 0 Å². The third-order valence-corrected chi connectivity index (χ3v) is 2.67. The van der Waals surface area contributed by atoms with Gasteiger partial charge in [-0.05, 0) is 12.8 Å². The van der Waals surface area contributed by atoms with E-state index < -0.39 is 5.60 Å². The van der Waals surface area contributed by atoms with Crippen molar-refractivity contribution in [1.29, 1.82) is 0 Å². The van der Waals surface area contributed by atoms with Crippen LogP contribution in [0.3, 0.4) is 0 Å². The van der Waals surface area contributed by atoms with Gasteiger partial charge in [-0.2, -0.15) is 4.98 Å². The molecule has 1 aliphatic rings. The summed E-state index contributed by atoms with van der Waals surface area (Å²) in [5.74, 6) is 0.229. The number of nitrogen functional groups attached to an aromatic ring is 1. The number of nitrogens with zero attached hydrogens (tertiary/aromatic N) is 4. The summed E-state index contributed by atoms with van der Waals surface area (Å²) in [6.45, 7) is 0.528. The van der Waals surface area contributed by atoms with Gasteiger partial charge in [0.15, 0.2) is 5.65 Å². The number of imidazole rings is 1. The minimum absolute atomic E-state index is 0.229. The largest absolute Gasteiger partial charge is 0.388 e. The van der Waals surface area contributed by atoms with Crippen LogP contribution in [0.5, 0.6) is 0 Å². The molecule has 0 bridgehead atoms. The van der Waals surface area contributed by atoms with Crippen molar-refractivity contribution in [3.05, 3.63) is 12.5 Å². The van der Waals surface area contributed by atoms with Crippen molar-refractivity contribution in [2.45, 2.75) is 25.0 Å². The minimum atomic E-state index is -0.562. The average molecular weight is 205 g/mol. The van der Waals surface area contributed by atoms with Gasteiger partial charge in [-0.15, -0.1) is 0 Å². The first-order valence-electron chi connectivity index (χ1n) is 4.82. The van der Waals surface area contributed by atoms with Crippen molar-refractivity contribution in [3.8, 4) is 0 Å². The van der Waals surface area contributed by atoms with Crippen LogP contribution in [0.4, 0.5) is 5.95 Å². The molecule has 0 radical (unpaired) electrons. The van der Waals surface area contributed by atoms with Gasteiger partial charge in [-0.1, -0.05) is 0 Å². The van der Waals surface area contributed by atoms with E-state index in [1.807, 2.05) is 4.57 Å². The zero-order chi connectivity index (χ0) is 10.5. The van der Waals surface area contributed by atoms with Gasteiger partial charge in [0.1, 0.15) is 5.52 Å². The number of hydrogen-bond donors (Lipinski definition) is 2. The van der Waals surface area contributed by atoms with Gasteiger partial charge in [0, 0.05) is 0 Å².